The molecule has 5 atom stereocenters. The molecule has 1 amide bonds. The maximum atomic E-state index is 12.8. The fraction of sp³-hybridized carbons (Fsp3) is 0.474. The summed E-state index contributed by atoms with van der Waals surface area (Å²) in [4.78, 5) is 24.3. The van der Waals surface area contributed by atoms with Gasteiger partial charge in [0.25, 0.3) is 0 Å². The fourth-order valence-electron chi connectivity index (χ4n) is 4.00. The van der Waals surface area contributed by atoms with E-state index in [9.17, 15) is 14.7 Å². The number of carboxylic acids is 1. The van der Waals surface area contributed by atoms with Crippen molar-refractivity contribution in [2.75, 3.05) is 0 Å². The highest BCUT2D eigenvalue weighted by molar-refractivity contribution is 5.87. The summed E-state index contributed by atoms with van der Waals surface area (Å²) in [5.41, 5.74) is 2.25. The van der Waals surface area contributed by atoms with E-state index in [1.165, 1.54) is 5.56 Å². The van der Waals surface area contributed by atoms with Crippen LogP contribution in [0.5, 0.6) is 0 Å². The van der Waals surface area contributed by atoms with Crippen molar-refractivity contribution in [1.82, 2.24) is 5.32 Å². The molecule has 2 bridgehead atoms. The Morgan fingerprint density at radius 2 is 1.78 bits per heavy atom. The number of benzene rings is 1. The van der Waals surface area contributed by atoms with E-state index in [0.29, 0.717) is 0 Å². The summed E-state index contributed by atoms with van der Waals surface area (Å²) < 4.78 is 0. The van der Waals surface area contributed by atoms with Gasteiger partial charge in [0.05, 0.1) is 17.9 Å². The topological polar surface area (TPSA) is 66.4 Å². The molecule has 0 radical (unpaired) electrons. The second kappa shape index (κ2) is 6.19. The van der Waals surface area contributed by atoms with Crippen LogP contribution in [-0.2, 0) is 9.59 Å². The fourth-order valence-corrected chi connectivity index (χ4v) is 4.00. The van der Waals surface area contributed by atoms with Gasteiger partial charge in [0.1, 0.15) is 0 Å². The first-order chi connectivity index (χ1) is 11.0. The van der Waals surface area contributed by atoms with Gasteiger partial charge in [-0.15, -0.1) is 0 Å². The Kier molecular flexibility index (Phi) is 4.24. The van der Waals surface area contributed by atoms with Crippen LogP contribution < -0.4 is 5.32 Å². The lowest BCUT2D eigenvalue weighted by Gasteiger charge is -2.26. The van der Waals surface area contributed by atoms with Gasteiger partial charge in [-0.25, -0.2) is 0 Å². The summed E-state index contributed by atoms with van der Waals surface area (Å²) in [7, 11) is 0. The minimum atomic E-state index is -0.856. The molecule has 0 aliphatic heterocycles. The van der Waals surface area contributed by atoms with Crippen LogP contribution in [0.3, 0.4) is 0 Å². The highest BCUT2D eigenvalue weighted by Gasteiger charge is 2.51. The van der Waals surface area contributed by atoms with Gasteiger partial charge < -0.3 is 10.4 Å². The third-order valence-corrected chi connectivity index (χ3v) is 5.25. The van der Waals surface area contributed by atoms with Crippen molar-refractivity contribution in [3.8, 4) is 0 Å². The van der Waals surface area contributed by atoms with Crippen molar-refractivity contribution in [3.63, 3.8) is 0 Å². The number of carboxylic acid groups (broad SMARTS) is 1. The van der Waals surface area contributed by atoms with Crippen molar-refractivity contribution in [1.29, 1.82) is 0 Å². The largest absolute Gasteiger partial charge is 0.481 e. The van der Waals surface area contributed by atoms with Crippen LogP contribution in [0.25, 0.3) is 0 Å². The maximum absolute atomic E-state index is 12.8. The lowest BCUT2D eigenvalue weighted by atomic mass is 9.82. The van der Waals surface area contributed by atoms with Crippen LogP contribution in [0.4, 0.5) is 0 Å². The summed E-state index contributed by atoms with van der Waals surface area (Å²) in [5, 5.41) is 12.6. The maximum Gasteiger partial charge on any atom is 0.307 e. The standard InChI is InChI=1S/C19H23NO3/c1-3-15(12-6-4-11(2)5-7-12)20-18(21)16-13-8-9-14(10-13)17(16)19(22)23/h4-9,13-17H,3,10H2,1-2H3,(H,20,21)(H,22,23)/t13-,14-,15-,16+,17-/m0/s1. The van der Waals surface area contributed by atoms with Gasteiger partial charge in [-0.05, 0) is 37.2 Å². The average molecular weight is 313 g/mol. The van der Waals surface area contributed by atoms with Crippen molar-refractivity contribution >= 4 is 11.9 Å². The Morgan fingerprint density at radius 1 is 1.17 bits per heavy atom. The number of carbonyl (C=O) groups excluding carboxylic acids is 1. The van der Waals surface area contributed by atoms with Gasteiger partial charge in [-0.3, -0.25) is 9.59 Å². The molecular formula is C19H23NO3. The van der Waals surface area contributed by atoms with Gasteiger partial charge in [0.2, 0.25) is 5.91 Å². The number of rotatable bonds is 5. The molecule has 0 unspecified atom stereocenters. The second-order valence-electron chi connectivity index (χ2n) is 6.72. The van der Waals surface area contributed by atoms with Gasteiger partial charge >= 0.3 is 5.97 Å². The predicted octanol–water partition coefficient (Wildman–Crippen LogP) is 3.09. The number of carbonyl (C=O) groups is 2. The van der Waals surface area contributed by atoms with Crippen LogP contribution in [0.15, 0.2) is 36.4 Å². The van der Waals surface area contributed by atoms with E-state index in [2.05, 4.69) is 5.32 Å². The quantitative estimate of drug-likeness (QED) is 0.821. The number of hydrogen-bond donors (Lipinski definition) is 2. The van der Waals surface area contributed by atoms with Crippen LogP contribution in [0.1, 0.15) is 36.9 Å². The first kappa shape index (κ1) is 15.8. The number of allylic oxidation sites excluding steroid dienone is 2. The molecule has 4 nitrogen and oxygen atoms in total. The monoisotopic (exact) mass is 313 g/mol. The van der Waals surface area contributed by atoms with E-state index in [1.54, 1.807) is 0 Å². The minimum absolute atomic E-state index is 0.00713. The van der Waals surface area contributed by atoms with Crippen molar-refractivity contribution in [3.05, 3.63) is 47.5 Å². The molecule has 1 aromatic carbocycles. The molecule has 1 fully saturated rings. The van der Waals surface area contributed by atoms with Crippen molar-refractivity contribution in [2.24, 2.45) is 23.7 Å². The van der Waals surface area contributed by atoms with E-state index in [0.717, 1.165) is 18.4 Å². The third kappa shape index (κ3) is 2.90. The van der Waals surface area contributed by atoms with Gasteiger partial charge in [-0.1, -0.05) is 48.9 Å². The lowest BCUT2D eigenvalue weighted by molar-refractivity contribution is -0.148. The molecule has 0 heterocycles. The van der Waals surface area contributed by atoms with E-state index >= 15 is 0 Å². The molecule has 0 saturated heterocycles. The zero-order valence-electron chi connectivity index (χ0n) is 13.5. The number of aryl methyl sites for hydroxylation is 1. The van der Waals surface area contributed by atoms with Crippen molar-refractivity contribution < 1.29 is 14.7 Å². The second-order valence-corrected chi connectivity index (χ2v) is 6.72. The zero-order chi connectivity index (χ0) is 16.6. The van der Waals surface area contributed by atoms with E-state index in [1.807, 2.05) is 50.3 Å². The number of nitrogens with one attached hydrogen (secondary N) is 1. The molecule has 1 saturated carbocycles. The third-order valence-electron chi connectivity index (χ3n) is 5.25. The normalized spacial score (nSPS) is 29.5. The number of hydrogen-bond acceptors (Lipinski definition) is 2. The first-order valence-corrected chi connectivity index (χ1v) is 8.29. The molecule has 122 valence electrons. The molecule has 2 aliphatic carbocycles. The Morgan fingerprint density at radius 3 is 2.35 bits per heavy atom. The molecule has 2 aliphatic rings. The minimum Gasteiger partial charge on any atom is -0.481 e. The lowest BCUT2D eigenvalue weighted by Crippen LogP contribution is -2.41. The number of fused-ring (bicyclic) bond motifs is 2. The van der Waals surface area contributed by atoms with Crippen LogP contribution in [0.2, 0.25) is 0 Å². The molecule has 0 aromatic heterocycles. The summed E-state index contributed by atoms with van der Waals surface area (Å²) in [6.07, 6.45) is 5.55. The molecule has 0 spiro atoms. The Hall–Kier alpha value is -2.10. The van der Waals surface area contributed by atoms with Gasteiger partial charge in [0, 0.05) is 0 Å². The van der Waals surface area contributed by atoms with Crippen LogP contribution in [0, 0.1) is 30.6 Å². The number of amides is 1. The molecule has 4 heteroatoms. The van der Waals surface area contributed by atoms with Gasteiger partial charge in [-0.2, -0.15) is 0 Å². The predicted molar refractivity (Wildman–Crippen MR) is 87.7 cm³/mol. The van der Waals surface area contributed by atoms with Crippen LogP contribution in [-0.4, -0.2) is 17.0 Å². The van der Waals surface area contributed by atoms with Gasteiger partial charge in [0.15, 0.2) is 0 Å². The molecular weight excluding hydrogens is 290 g/mol. The zero-order valence-corrected chi connectivity index (χ0v) is 13.5. The molecule has 23 heavy (non-hydrogen) atoms. The number of aliphatic carboxylic acids is 1. The molecule has 3 rings (SSSR count). The smallest absolute Gasteiger partial charge is 0.307 e. The average Bonchev–Trinajstić information content (AvgIpc) is 3.14. The Bertz CT molecular complexity index is 635. The first-order valence-electron chi connectivity index (χ1n) is 8.29. The van der Waals surface area contributed by atoms with E-state index in [-0.39, 0.29) is 23.8 Å². The summed E-state index contributed by atoms with van der Waals surface area (Å²) >= 11 is 0. The van der Waals surface area contributed by atoms with Crippen molar-refractivity contribution in [2.45, 2.75) is 32.7 Å². The highest BCUT2D eigenvalue weighted by Crippen LogP contribution is 2.48. The summed E-state index contributed by atoms with van der Waals surface area (Å²) in [6, 6.07) is 8.05. The Labute approximate surface area is 136 Å². The van der Waals surface area contributed by atoms with Crippen LogP contribution >= 0.6 is 0 Å². The Balaban J connectivity index is 1.76. The van der Waals surface area contributed by atoms with E-state index in [4.69, 9.17) is 0 Å². The SMILES string of the molecule is CC[C@H](NC(=O)[C@H]1[C@@H](C(=O)O)[C@H]2C=C[C@H]1C2)c1ccc(C)cc1. The summed E-state index contributed by atoms with van der Waals surface area (Å²) in [6.45, 7) is 4.06. The van der Waals surface area contributed by atoms with E-state index < -0.39 is 17.8 Å². The summed E-state index contributed by atoms with van der Waals surface area (Å²) in [5.74, 6) is -1.93. The molecule has 1 aromatic rings. The molecule has 2 N–H and O–H groups in total. The highest BCUT2D eigenvalue weighted by atomic mass is 16.4.